The van der Waals surface area contributed by atoms with E-state index in [2.05, 4.69) is 13.8 Å². The first kappa shape index (κ1) is 11.0. The maximum Gasteiger partial charge on any atom is 0.306 e. The van der Waals surface area contributed by atoms with Crippen LogP contribution < -0.4 is 0 Å². The summed E-state index contributed by atoms with van der Waals surface area (Å²) >= 11 is 0. The van der Waals surface area contributed by atoms with Gasteiger partial charge in [-0.15, -0.1) is 0 Å². The molecular weight excluding hydrogens is 188 g/mol. The summed E-state index contributed by atoms with van der Waals surface area (Å²) in [5.74, 6) is 1.94. The van der Waals surface area contributed by atoms with Gasteiger partial charge in [0.05, 0.1) is 0 Å². The topological polar surface area (TPSA) is 26.3 Å². The van der Waals surface area contributed by atoms with Crippen molar-refractivity contribution < 1.29 is 9.53 Å². The predicted molar refractivity (Wildman–Crippen MR) is 59.4 cm³/mol. The third-order valence-electron chi connectivity index (χ3n) is 3.84. The van der Waals surface area contributed by atoms with Gasteiger partial charge in [0.2, 0.25) is 0 Å². The van der Waals surface area contributed by atoms with Crippen LogP contribution in [0.15, 0.2) is 0 Å². The Bertz CT molecular complexity index is 227. The SMILES string of the molecule is CC(C)CC(=O)OC1CC2CCC1CC2. The van der Waals surface area contributed by atoms with Crippen molar-refractivity contribution in [3.8, 4) is 0 Å². The van der Waals surface area contributed by atoms with Crippen molar-refractivity contribution in [1.29, 1.82) is 0 Å². The van der Waals surface area contributed by atoms with Crippen LogP contribution in [0.3, 0.4) is 0 Å². The molecule has 0 heterocycles. The highest BCUT2D eigenvalue weighted by Crippen LogP contribution is 2.42. The molecule has 0 radical (unpaired) electrons. The molecule has 0 aromatic heterocycles. The van der Waals surface area contributed by atoms with E-state index in [0.717, 1.165) is 12.3 Å². The van der Waals surface area contributed by atoms with Crippen molar-refractivity contribution in [2.75, 3.05) is 0 Å². The monoisotopic (exact) mass is 210 g/mol. The number of hydrogen-bond acceptors (Lipinski definition) is 2. The molecule has 0 spiro atoms. The average Bonchev–Trinajstić information content (AvgIpc) is 2.17. The fourth-order valence-electron chi connectivity index (χ4n) is 3.01. The predicted octanol–water partition coefficient (Wildman–Crippen LogP) is 3.15. The van der Waals surface area contributed by atoms with Crippen LogP contribution in [0.25, 0.3) is 0 Å². The van der Waals surface area contributed by atoms with Crippen LogP contribution in [0.1, 0.15) is 52.4 Å². The second-order valence-corrected chi connectivity index (χ2v) is 5.64. The fraction of sp³-hybridized carbons (Fsp3) is 0.923. The van der Waals surface area contributed by atoms with Crippen LogP contribution in [-0.4, -0.2) is 12.1 Å². The van der Waals surface area contributed by atoms with Crippen LogP contribution in [-0.2, 0) is 9.53 Å². The van der Waals surface area contributed by atoms with Gasteiger partial charge in [-0.3, -0.25) is 4.79 Å². The molecule has 0 aliphatic heterocycles. The van der Waals surface area contributed by atoms with E-state index in [1.165, 1.54) is 25.7 Å². The maximum absolute atomic E-state index is 11.6. The molecule has 0 N–H and O–H groups in total. The zero-order chi connectivity index (χ0) is 10.8. The van der Waals surface area contributed by atoms with Crippen molar-refractivity contribution in [3.05, 3.63) is 0 Å². The molecule has 3 rings (SSSR count). The van der Waals surface area contributed by atoms with Crippen LogP contribution in [0, 0.1) is 17.8 Å². The Kier molecular flexibility index (Phi) is 3.32. The summed E-state index contributed by atoms with van der Waals surface area (Å²) in [6.45, 7) is 4.13. The van der Waals surface area contributed by atoms with E-state index >= 15 is 0 Å². The average molecular weight is 210 g/mol. The first-order valence-electron chi connectivity index (χ1n) is 6.34. The lowest BCUT2D eigenvalue weighted by Crippen LogP contribution is -2.38. The molecule has 3 aliphatic carbocycles. The second-order valence-electron chi connectivity index (χ2n) is 5.64. The van der Waals surface area contributed by atoms with Crippen molar-refractivity contribution in [2.45, 2.75) is 58.5 Å². The standard InChI is InChI=1S/C13H22O2/c1-9(2)7-13(14)15-12-8-10-3-5-11(12)6-4-10/h9-12H,3-8H2,1-2H3. The quantitative estimate of drug-likeness (QED) is 0.669. The van der Waals surface area contributed by atoms with Gasteiger partial charge in [-0.05, 0) is 49.9 Å². The number of esters is 1. The van der Waals surface area contributed by atoms with Gasteiger partial charge < -0.3 is 4.74 Å². The van der Waals surface area contributed by atoms with Gasteiger partial charge in [0.25, 0.3) is 0 Å². The van der Waals surface area contributed by atoms with E-state index in [4.69, 9.17) is 4.74 Å². The molecule has 3 aliphatic rings. The van der Waals surface area contributed by atoms with Gasteiger partial charge in [-0.1, -0.05) is 13.8 Å². The van der Waals surface area contributed by atoms with E-state index in [9.17, 15) is 4.79 Å². The number of carbonyl (C=O) groups excluding carboxylic acids is 1. The zero-order valence-corrected chi connectivity index (χ0v) is 9.87. The van der Waals surface area contributed by atoms with E-state index < -0.39 is 0 Å². The number of fused-ring (bicyclic) bond motifs is 3. The van der Waals surface area contributed by atoms with Gasteiger partial charge in [0.15, 0.2) is 0 Å². The minimum atomic E-state index is 0.0162. The van der Waals surface area contributed by atoms with E-state index in [-0.39, 0.29) is 12.1 Å². The molecule has 0 amide bonds. The zero-order valence-electron chi connectivity index (χ0n) is 9.87. The molecular formula is C13H22O2. The number of hydrogen-bond donors (Lipinski definition) is 0. The molecule has 1 unspecified atom stereocenters. The Labute approximate surface area is 92.4 Å². The minimum Gasteiger partial charge on any atom is -0.462 e. The van der Waals surface area contributed by atoms with Crippen LogP contribution in [0.5, 0.6) is 0 Å². The molecule has 0 aromatic carbocycles. The Morgan fingerprint density at radius 2 is 1.93 bits per heavy atom. The molecule has 15 heavy (non-hydrogen) atoms. The summed E-state index contributed by atoms with van der Waals surface area (Å²) in [6, 6.07) is 0. The molecule has 0 saturated heterocycles. The van der Waals surface area contributed by atoms with Gasteiger partial charge in [0.1, 0.15) is 6.10 Å². The van der Waals surface area contributed by atoms with Crippen molar-refractivity contribution in [2.24, 2.45) is 17.8 Å². The number of ether oxygens (including phenoxy) is 1. The molecule has 2 bridgehead atoms. The normalized spacial score (nSPS) is 34.5. The Balaban J connectivity index is 1.82. The lowest BCUT2D eigenvalue weighted by Gasteiger charge is -2.41. The Morgan fingerprint density at radius 1 is 1.27 bits per heavy atom. The van der Waals surface area contributed by atoms with Crippen LogP contribution in [0.2, 0.25) is 0 Å². The molecule has 86 valence electrons. The number of rotatable bonds is 3. The van der Waals surface area contributed by atoms with Gasteiger partial charge in [-0.25, -0.2) is 0 Å². The molecule has 1 atom stereocenters. The lowest BCUT2D eigenvalue weighted by atomic mass is 9.69. The largest absolute Gasteiger partial charge is 0.462 e. The number of carbonyl (C=O) groups is 1. The third kappa shape index (κ3) is 2.73. The van der Waals surface area contributed by atoms with Crippen molar-refractivity contribution >= 4 is 5.97 Å². The van der Waals surface area contributed by atoms with Gasteiger partial charge in [-0.2, -0.15) is 0 Å². The maximum atomic E-state index is 11.6. The third-order valence-corrected chi connectivity index (χ3v) is 3.84. The molecule has 2 nitrogen and oxygen atoms in total. The summed E-state index contributed by atoms with van der Waals surface area (Å²) in [7, 11) is 0. The fourth-order valence-corrected chi connectivity index (χ4v) is 3.01. The second kappa shape index (κ2) is 4.54. The summed E-state index contributed by atoms with van der Waals surface area (Å²) in [6.07, 6.45) is 7.26. The van der Waals surface area contributed by atoms with Gasteiger partial charge >= 0.3 is 5.97 Å². The van der Waals surface area contributed by atoms with Crippen LogP contribution >= 0.6 is 0 Å². The highest BCUT2D eigenvalue weighted by Gasteiger charge is 2.37. The van der Waals surface area contributed by atoms with Crippen molar-refractivity contribution in [3.63, 3.8) is 0 Å². The molecule has 3 fully saturated rings. The highest BCUT2D eigenvalue weighted by molar-refractivity contribution is 5.69. The summed E-state index contributed by atoms with van der Waals surface area (Å²) in [5, 5.41) is 0. The Morgan fingerprint density at radius 3 is 2.40 bits per heavy atom. The summed E-state index contributed by atoms with van der Waals surface area (Å²) in [4.78, 5) is 11.6. The summed E-state index contributed by atoms with van der Waals surface area (Å²) in [5.41, 5.74) is 0. The first-order valence-corrected chi connectivity index (χ1v) is 6.34. The first-order chi connectivity index (χ1) is 7.15. The smallest absolute Gasteiger partial charge is 0.306 e. The van der Waals surface area contributed by atoms with Gasteiger partial charge in [0, 0.05) is 6.42 Å². The van der Waals surface area contributed by atoms with E-state index in [0.29, 0.717) is 18.3 Å². The Hall–Kier alpha value is -0.530. The highest BCUT2D eigenvalue weighted by atomic mass is 16.5. The van der Waals surface area contributed by atoms with Crippen molar-refractivity contribution in [1.82, 2.24) is 0 Å². The molecule has 0 aromatic rings. The summed E-state index contributed by atoms with van der Waals surface area (Å²) < 4.78 is 5.60. The minimum absolute atomic E-state index is 0.0162. The molecule has 2 heteroatoms. The van der Waals surface area contributed by atoms with E-state index in [1.807, 2.05) is 0 Å². The van der Waals surface area contributed by atoms with Crippen LogP contribution in [0.4, 0.5) is 0 Å². The van der Waals surface area contributed by atoms with E-state index in [1.54, 1.807) is 0 Å². The lowest BCUT2D eigenvalue weighted by molar-refractivity contribution is -0.158. The molecule has 3 saturated carbocycles.